The minimum Gasteiger partial charge on any atom is -0.463 e. The van der Waals surface area contributed by atoms with Crippen LogP contribution in [-0.2, 0) is 16.2 Å². The van der Waals surface area contributed by atoms with Crippen molar-refractivity contribution in [3.05, 3.63) is 84.2 Å². The summed E-state index contributed by atoms with van der Waals surface area (Å²) in [6.45, 7) is 1.98. The number of benzene rings is 3. The largest absolute Gasteiger partial charge is 0.463 e. The predicted octanol–water partition coefficient (Wildman–Crippen LogP) is 5.29. The maximum absolute atomic E-state index is 13.2. The summed E-state index contributed by atoms with van der Waals surface area (Å²) >= 11 is 0. The molecule has 0 atom stereocenters. The molecule has 182 valence electrons. The maximum Gasteiger partial charge on any atom is 0.416 e. The smallest absolute Gasteiger partial charge is 0.416 e. The quantitative estimate of drug-likeness (QED) is 0.344. The van der Waals surface area contributed by atoms with E-state index in [1.54, 1.807) is 19.1 Å². The molecule has 1 N–H and O–H groups in total. The molecule has 0 amide bonds. The molecule has 0 saturated carbocycles. The van der Waals surface area contributed by atoms with Crippen molar-refractivity contribution in [2.75, 3.05) is 11.3 Å². The third-order valence-corrected chi connectivity index (χ3v) is 6.20. The third kappa shape index (κ3) is 5.43. The molecule has 0 spiro atoms. The molecule has 1 heterocycles. The van der Waals surface area contributed by atoms with E-state index < -0.39 is 27.6 Å². The molecule has 0 fully saturated rings. The highest BCUT2D eigenvalue weighted by atomic mass is 32.2. The summed E-state index contributed by atoms with van der Waals surface area (Å²) in [7, 11) is -4.01. The van der Waals surface area contributed by atoms with Crippen LogP contribution in [-0.4, -0.2) is 29.8 Å². The molecule has 0 unspecified atom stereocenters. The van der Waals surface area contributed by atoms with E-state index in [0.29, 0.717) is 11.3 Å². The van der Waals surface area contributed by atoms with Crippen LogP contribution in [0.5, 0.6) is 6.01 Å². The van der Waals surface area contributed by atoms with Gasteiger partial charge in [-0.25, -0.2) is 17.5 Å². The first-order chi connectivity index (χ1) is 16.6. The Hall–Kier alpha value is -3.93. The van der Waals surface area contributed by atoms with Crippen molar-refractivity contribution in [1.29, 1.82) is 0 Å². The Balaban J connectivity index is 1.71. The highest BCUT2D eigenvalue weighted by Gasteiger charge is 2.30. The standard InChI is InChI=1S/C23H18F4N4O3S/c1-2-34-22-28-21(15-6-8-16(9-7-15)23(25,26)27)31(29-22)19-5-3-4-18(14-19)30-35(32,33)20-12-10-17(24)11-13-20/h3-14,30H,2H2,1H3. The Morgan fingerprint density at radius 1 is 1.00 bits per heavy atom. The van der Waals surface area contributed by atoms with E-state index in [1.807, 2.05) is 0 Å². The van der Waals surface area contributed by atoms with Gasteiger partial charge in [-0.3, -0.25) is 4.72 Å². The molecule has 0 saturated heterocycles. The van der Waals surface area contributed by atoms with Gasteiger partial charge in [0.25, 0.3) is 10.0 Å². The van der Waals surface area contributed by atoms with Gasteiger partial charge < -0.3 is 4.74 Å². The Bertz CT molecular complexity index is 1440. The number of anilines is 1. The zero-order chi connectivity index (χ0) is 25.2. The van der Waals surface area contributed by atoms with Crippen molar-refractivity contribution >= 4 is 15.7 Å². The molecule has 0 aliphatic rings. The van der Waals surface area contributed by atoms with Gasteiger partial charge in [0.1, 0.15) is 5.82 Å². The van der Waals surface area contributed by atoms with Crippen LogP contribution in [0.25, 0.3) is 17.1 Å². The maximum atomic E-state index is 13.2. The molecule has 35 heavy (non-hydrogen) atoms. The lowest BCUT2D eigenvalue weighted by Crippen LogP contribution is -2.13. The van der Waals surface area contributed by atoms with Crippen molar-refractivity contribution in [3.8, 4) is 23.1 Å². The van der Waals surface area contributed by atoms with Gasteiger partial charge in [0.2, 0.25) is 0 Å². The summed E-state index contributed by atoms with van der Waals surface area (Å²) in [4.78, 5) is 4.14. The highest BCUT2D eigenvalue weighted by molar-refractivity contribution is 7.92. The average Bonchev–Trinajstić information content (AvgIpc) is 3.23. The normalized spacial score (nSPS) is 11.9. The van der Waals surface area contributed by atoms with Gasteiger partial charge >= 0.3 is 12.2 Å². The van der Waals surface area contributed by atoms with Crippen molar-refractivity contribution in [1.82, 2.24) is 14.8 Å². The number of nitrogens with zero attached hydrogens (tertiary/aromatic N) is 3. The molecular formula is C23H18F4N4O3S. The first kappa shape index (κ1) is 24.2. The number of ether oxygens (including phenoxy) is 1. The number of rotatable bonds is 7. The van der Waals surface area contributed by atoms with Crippen molar-refractivity contribution in [3.63, 3.8) is 0 Å². The van der Waals surface area contributed by atoms with Gasteiger partial charge in [-0.05, 0) is 61.5 Å². The molecule has 7 nitrogen and oxygen atoms in total. The minimum absolute atomic E-state index is 0.000283. The lowest BCUT2D eigenvalue weighted by molar-refractivity contribution is -0.137. The summed E-state index contributed by atoms with van der Waals surface area (Å²) in [5.41, 5.74) is 0.0830. The molecule has 4 rings (SSSR count). The average molecular weight is 506 g/mol. The van der Waals surface area contributed by atoms with Crippen LogP contribution in [0.1, 0.15) is 12.5 Å². The van der Waals surface area contributed by atoms with Crippen molar-refractivity contribution in [2.24, 2.45) is 0 Å². The summed E-state index contributed by atoms with van der Waals surface area (Å²) in [5.74, 6) is -0.376. The van der Waals surface area contributed by atoms with E-state index in [2.05, 4.69) is 14.8 Å². The van der Waals surface area contributed by atoms with Gasteiger partial charge in [0.15, 0.2) is 5.82 Å². The molecule has 0 aliphatic heterocycles. The zero-order valence-electron chi connectivity index (χ0n) is 18.1. The van der Waals surface area contributed by atoms with Gasteiger partial charge in [0.05, 0.1) is 28.4 Å². The first-order valence-corrected chi connectivity index (χ1v) is 11.7. The number of hydrogen-bond donors (Lipinski definition) is 1. The molecule has 3 aromatic carbocycles. The van der Waals surface area contributed by atoms with E-state index in [9.17, 15) is 26.0 Å². The van der Waals surface area contributed by atoms with Gasteiger partial charge in [0, 0.05) is 5.56 Å². The Kier molecular flexibility index (Phi) is 6.48. The van der Waals surface area contributed by atoms with Crippen LogP contribution in [0.4, 0.5) is 23.2 Å². The van der Waals surface area contributed by atoms with Crippen LogP contribution in [0.2, 0.25) is 0 Å². The SMILES string of the molecule is CCOc1nc(-c2ccc(C(F)(F)F)cc2)n(-c2cccc(NS(=O)(=O)c3ccc(F)cc3)c2)n1. The Morgan fingerprint density at radius 3 is 2.31 bits per heavy atom. The number of alkyl halides is 3. The van der Waals surface area contributed by atoms with Gasteiger partial charge in [-0.1, -0.05) is 18.2 Å². The summed E-state index contributed by atoms with van der Waals surface area (Å²) in [6, 6.07) is 14.9. The molecular weight excluding hydrogens is 488 g/mol. The predicted molar refractivity (Wildman–Crippen MR) is 120 cm³/mol. The monoisotopic (exact) mass is 506 g/mol. The number of nitrogens with one attached hydrogen (secondary N) is 1. The van der Waals surface area contributed by atoms with Crippen LogP contribution < -0.4 is 9.46 Å². The van der Waals surface area contributed by atoms with E-state index >= 15 is 0 Å². The molecule has 0 aliphatic carbocycles. The fourth-order valence-corrected chi connectivity index (χ4v) is 4.24. The molecule has 1 aromatic heterocycles. The van der Waals surface area contributed by atoms with Crippen LogP contribution >= 0.6 is 0 Å². The third-order valence-electron chi connectivity index (χ3n) is 4.80. The second kappa shape index (κ2) is 9.37. The fourth-order valence-electron chi connectivity index (χ4n) is 3.19. The van der Waals surface area contributed by atoms with Crippen molar-refractivity contribution < 1.29 is 30.7 Å². The molecule has 12 heteroatoms. The lowest BCUT2D eigenvalue weighted by Gasteiger charge is -2.11. The van der Waals surface area contributed by atoms with E-state index in [-0.39, 0.29) is 29.0 Å². The van der Waals surface area contributed by atoms with E-state index in [0.717, 1.165) is 36.4 Å². The van der Waals surface area contributed by atoms with Crippen molar-refractivity contribution in [2.45, 2.75) is 18.0 Å². The zero-order valence-corrected chi connectivity index (χ0v) is 18.9. The van der Waals surface area contributed by atoms with Crippen LogP contribution in [0, 0.1) is 5.82 Å². The number of aromatic nitrogens is 3. The summed E-state index contributed by atoms with van der Waals surface area (Å²) in [5, 5.41) is 4.27. The van der Waals surface area contributed by atoms with Crippen LogP contribution in [0.15, 0.2) is 77.7 Å². The van der Waals surface area contributed by atoms with Crippen LogP contribution in [0.3, 0.4) is 0 Å². The Morgan fingerprint density at radius 2 is 1.69 bits per heavy atom. The minimum atomic E-state index is -4.49. The Labute approximate surface area is 198 Å². The number of hydrogen-bond acceptors (Lipinski definition) is 5. The number of halogens is 4. The summed E-state index contributed by atoms with van der Waals surface area (Å²) in [6.07, 6.45) is -4.49. The molecule has 0 radical (unpaired) electrons. The fraction of sp³-hybridized carbons (Fsp3) is 0.130. The molecule has 4 aromatic rings. The van der Waals surface area contributed by atoms with Gasteiger partial charge in [-0.15, -0.1) is 5.10 Å². The number of sulfonamides is 1. The van der Waals surface area contributed by atoms with E-state index in [4.69, 9.17) is 4.74 Å². The first-order valence-electron chi connectivity index (χ1n) is 10.2. The highest BCUT2D eigenvalue weighted by Crippen LogP contribution is 2.32. The van der Waals surface area contributed by atoms with Gasteiger partial charge in [-0.2, -0.15) is 18.2 Å². The molecule has 0 bridgehead atoms. The summed E-state index contributed by atoms with van der Waals surface area (Å²) < 4.78 is 86.5. The van der Waals surface area contributed by atoms with E-state index in [1.165, 1.54) is 28.9 Å². The topological polar surface area (TPSA) is 86.1 Å². The lowest BCUT2D eigenvalue weighted by atomic mass is 10.1. The second-order valence-corrected chi connectivity index (χ2v) is 8.93. The second-order valence-electron chi connectivity index (χ2n) is 7.25.